The van der Waals surface area contributed by atoms with Crippen molar-refractivity contribution < 1.29 is 14.4 Å². The molecule has 0 bridgehead atoms. The average Bonchev–Trinajstić information content (AvgIpc) is 3.07. The minimum atomic E-state index is -0.284. The van der Waals surface area contributed by atoms with Gasteiger partial charge in [-0.15, -0.1) is 0 Å². The Bertz CT molecular complexity index is 545. The van der Waals surface area contributed by atoms with E-state index in [4.69, 9.17) is 0 Å². The predicted molar refractivity (Wildman–Crippen MR) is 89.3 cm³/mol. The van der Waals surface area contributed by atoms with Crippen molar-refractivity contribution in [2.75, 3.05) is 26.2 Å². The summed E-state index contributed by atoms with van der Waals surface area (Å²) in [5.74, 6) is 0.0851. The van der Waals surface area contributed by atoms with Crippen LogP contribution in [0.1, 0.15) is 36.5 Å². The van der Waals surface area contributed by atoms with Gasteiger partial charge in [-0.2, -0.15) is 11.3 Å². The summed E-state index contributed by atoms with van der Waals surface area (Å²) >= 11 is 1.43. The van der Waals surface area contributed by atoms with E-state index >= 15 is 0 Å². The van der Waals surface area contributed by atoms with Gasteiger partial charge in [0.05, 0.1) is 6.54 Å². The minimum Gasteiger partial charge on any atom is -0.354 e. The summed E-state index contributed by atoms with van der Waals surface area (Å²) in [5, 5.41) is 8.75. The number of nitrogens with zero attached hydrogens (tertiary/aromatic N) is 1. The maximum Gasteiger partial charge on any atom is 0.252 e. The summed E-state index contributed by atoms with van der Waals surface area (Å²) in [7, 11) is 0. The molecule has 0 unspecified atom stereocenters. The topological polar surface area (TPSA) is 78.5 Å². The van der Waals surface area contributed by atoms with Gasteiger partial charge in [-0.3, -0.25) is 14.4 Å². The molecule has 3 amide bonds. The third-order valence-electron chi connectivity index (χ3n) is 3.86. The summed E-state index contributed by atoms with van der Waals surface area (Å²) in [6.07, 6.45) is 2.52. The Labute approximate surface area is 140 Å². The van der Waals surface area contributed by atoms with Crippen LogP contribution in [0.4, 0.5) is 0 Å². The van der Waals surface area contributed by atoms with E-state index in [1.165, 1.54) is 17.8 Å². The number of carbonyl (C=O) groups excluding carboxylic acids is 3. The van der Waals surface area contributed by atoms with E-state index in [0.717, 1.165) is 19.5 Å². The van der Waals surface area contributed by atoms with Gasteiger partial charge >= 0.3 is 0 Å². The summed E-state index contributed by atoms with van der Waals surface area (Å²) in [6.45, 7) is 4.00. The fraction of sp³-hybridized carbons (Fsp3) is 0.562. The van der Waals surface area contributed by atoms with Crippen molar-refractivity contribution in [2.24, 2.45) is 5.92 Å². The largest absolute Gasteiger partial charge is 0.354 e. The lowest BCUT2D eigenvalue weighted by molar-refractivity contribution is -0.132. The average molecular weight is 337 g/mol. The predicted octanol–water partition coefficient (Wildman–Crippen LogP) is 1.24. The highest BCUT2D eigenvalue weighted by atomic mass is 32.1. The molecule has 0 spiro atoms. The molecule has 0 radical (unpaired) electrons. The molecule has 7 heteroatoms. The first kappa shape index (κ1) is 17.5. The van der Waals surface area contributed by atoms with Crippen molar-refractivity contribution in [3.05, 3.63) is 22.4 Å². The highest BCUT2D eigenvalue weighted by molar-refractivity contribution is 7.08. The highest BCUT2D eigenvalue weighted by Gasteiger charge is 2.20. The van der Waals surface area contributed by atoms with Crippen molar-refractivity contribution >= 4 is 29.1 Å². The Hall–Kier alpha value is -1.89. The van der Waals surface area contributed by atoms with Crippen molar-refractivity contribution in [1.29, 1.82) is 0 Å². The maximum atomic E-state index is 12.1. The van der Waals surface area contributed by atoms with Crippen LogP contribution in [0.5, 0.6) is 0 Å². The van der Waals surface area contributed by atoms with Gasteiger partial charge in [0.15, 0.2) is 0 Å². The standard InChI is InChI=1S/C16H23N3O3S/c1-12-3-2-7-19(10-12)15(21)4-6-17-14(20)9-18-16(22)13-5-8-23-11-13/h5,8,11-12H,2-4,6-7,9-10H2,1H3,(H,17,20)(H,18,22)/t12-/m1/s1. The van der Waals surface area contributed by atoms with Gasteiger partial charge in [0.25, 0.3) is 5.91 Å². The molecule has 0 aliphatic carbocycles. The number of nitrogens with one attached hydrogen (secondary N) is 2. The van der Waals surface area contributed by atoms with E-state index in [-0.39, 0.29) is 24.3 Å². The third-order valence-corrected chi connectivity index (χ3v) is 4.55. The lowest BCUT2D eigenvalue weighted by atomic mass is 10.00. The van der Waals surface area contributed by atoms with Crippen LogP contribution in [0.3, 0.4) is 0 Å². The molecular formula is C16H23N3O3S. The fourth-order valence-electron chi connectivity index (χ4n) is 2.60. The van der Waals surface area contributed by atoms with Crippen molar-refractivity contribution in [3.63, 3.8) is 0 Å². The molecule has 1 aromatic heterocycles. The van der Waals surface area contributed by atoms with Gasteiger partial charge < -0.3 is 15.5 Å². The van der Waals surface area contributed by atoms with Gasteiger partial charge in [0.1, 0.15) is 0 Å². The lowest BCUT2D eigenvalue weighted by Crippen LogP contribution is -2.42. The number of likely N-dealkylation sites (tertiary alicyclic amines) is 1. The second kappa shape index (κ2) is 8.67. The van der Waals surface area contributed by atoms with Gasteiger partial charge in [0, 0.05) is 37.0 Å². The normalized spacial score (nSPS) is 17.6. The second-order valence-electron chi connectivity index (χ2n) is 5.88. The first-order valence-electron chi connectivity index (χ1n) is 7.91. The molecular weight excluding hydrogens is 314 g/mol. The first-order chi connectivity index (χ1) is 11.1. The summed E-state index contributed by atoms with van der Waals surface area (Å²) in [6, 6.07) is 1.70. The second-order valence-corrected chi connectivity index (χ2v) is 6.66. The SMILES string of the molecule is C[C@@H]1CCCN(C(=O)CCNC(=O)CNC(=O)c2ccsc2)C1. The molecule has 126 valence electrons. The number of carbonyl (C=O) groups is 3. The summed E-state index contributed by atoms with van der Waals surface area (Å²) in [4.78, 5) is 37.3. The number of thiophene rings is 1. The van der Waals surface area contributed by atoms with Crippen LogP contribution in [0.2, 0.25) is 0 Å². The van der Waals surface area contributed by atoms with Crippen LogP contribution in [0, 0.1) is 5.92 Å². The van der Waals surface area contributed by atoms with Crippen molar-refractivity contribution in [3.8, 4) is 0 Å². The zero-order valence-electron chi connectivity index (χ0n) is 13.3. The smallest absolute Gasteiger partial charge is 0.252 e. The summed E-state index contributed by atoms with van der Waals surface area (Å²) < 4.78 is 0. The molecule has 0 saturated carbocycles. The zero-order chi connectivity index (χ0) is 16.7. The van der Waals surface area contributed by atoms with Crippen molar-refractivity contribution in [1.82, 2.24) is 15.5 Å². The molecule has 23 heavy (non-hydrogen) atoms. The van der Waals surface area contributed by atoms with E-state index in [1.54, 1.807) is 11.4 Å². The number of hydrogen-bond acceptors (Lipinski definition) is 4. The van der Waals surface area contributed by atoms with Crippen molar-refractivity contribution in [2.45, 2.75) is 26.2 Å². The van der Waals surface area contributed by atoms with E-state index in [0.29, 0.717) is 24.4 Å². The Kier molecular flexibility index (Phi) is 6.58. The van der Waals surface area contributed by atoms with Crippen LogP contribution < -0.4 is 10.6 Å². The third kappa shape index (κ3) is 5.67. The fourth-order valence-corrected chi connectivity index (χ4v) is 3.24. The number of hydrogen-bond donors (Lipinski definition) is 2. The molecule has 0 aromatic carbocycles. The van der Waals surface area contributed by atoms with Crippen LogP contribution in [0.15, 0.2) is 16.8 Å². The maximum absolute atomic E-state index is 12.1. The zero-order valence-corrected chi connectivity index (χ0v) is 14.2. The quantitative estimate of drug-likeness (QED) is 0.820. The Morgan fingerprint density at radius 3 is 2.87 bits per heavy atom. The van der Waals surface area contributed by atoms with Gasteiger partial charge in [-0.05, 0) is 30.2 Å². The molecule has 1 aromatic rings. The first-order valence-corrected chi connectivity index (χ1v) is 8.85. The van der Waals surface area contributed by atoms with Gasteiger partial charge in [0.2, 0.25) is 11.8 Å². The number of rotatable bonds is 6. The molecule has 1 atom stereocenters. The summed E-state index contributed by atoms with van der Waals surface area (Å²) in [5.41, 5.74) is 0.553. The van der Waals surface area contributed by atoms with Gasteiger partial charge in [-0.1, -0.05) is 6.92 Å². The Morgan fingerprint density at radius 2 is 2.17 bits per heavy atom. The van der Waals surface area contributed by atoms with E-state index in [9.17, 15) is 14.4 Å². The molecule has 1 fully saturated rings. The Balaban J connectivity index is 1.61. The molecule has 6 nitrogen and oxygen atoms in total. The Morgan fingerprint density at radius 1 is 1.35 bits per heavy atom. The van der Waals surface area contributed by atoms with E-state index < -0.39 is 0 Å². The van der Waals surface area contributed by atoms with E-state index in [2.05, 4.69) is 17.6 Å². The van der Waals surface area contributed by atoms with Crippen LogP contribution in [-0.4, -0.2) is 48.8 Å². The lowest BCUT2D eigenvalue weighted by Gasteiger charge is -2.31. The highest BCUT2D eigenvalue weighted by Crippen LogP contribution is 2.15. The van der Waals surface area contributed by atoms with Crippen LogP contribution in [-0.2, 0) is 9.59 Å². The molecule has 1 aliphatic heterocycles. The molecule has 2 N–H and O–H groups in total. The monoisotopic (exact) mass is 337 g/mol. The minimum absolute atomic E-state index is 0.0797. The number of amides is 3. The molecule has 1 aliphatic rings. The van der Waals surface area contributed by atoms with Gasteiger partial charge in [-0.25, -0.2) is 0 Å². The molecule has 2 heterocycles. The van der Waals surface area contributed by atoms with Crippen LogP contribution in [0.25, 0.3) is 0 Å². The van der Waals surface area contributed by atoms with E-state index in [1.807, 2.05) is 10.3 Å². The molecule has 2 rings (SSSR count). The van der Waals surface area contributed by atoms with Crippen LogP contribution >= 0.6 is 11.3 Å². The molecule has 1 saturated heterocycles. The number of piperidine rings is 1.